The van der Waals surface area contributed by atoms with E-state index in [0.29, 0.717) is 25.4 Å². The molecular formula is C20H20N4O2. The van der Waals surface area contributed by atoms with Gasteiger partial charge in [0.25, 0.3) is 5.91 Å². The molecule has 6 heteroatoms. The Morgan fingerprint density at radius 1 is 1.19 bits per heavy atom. The minimum absolute atomic E-state index is 0.0751. The fourth-order valence-corrected chi connectivity index (χ4v) is 3.03. The van der Waals surface area contributed by atoms with Crippen molar-refractivity contribution in [1.82, 2.24) is 20.3 Å². The van der Waals surface area contributed by atoms with Gasteiger partial charge in [-0.1, -0.05) is 65.4 Å². The molecule has 1 N–H and O–H groups in total. The average Bonchev–Trinajstić information content (AvgIpc) is 3.11. The number of ether oxygens (including phenoxy) is 1. The number of benzene rings is 2. The Balaban J connectivity index is 1.44. The number of fused-ring (bicyclic) bond motifs is 1. The van der Waals surface area contributed by atoms with Gasteiger partial charge in [0, 0.05) is 6.54 Å². The summed E-state index contributed by atoms with van der Waals surface area (Å²) in [5.41, 5.74) is 4.39. The van der Waals surface area contributed by atoms with Crippen LogP contribution in [0, 0.1) is 6.92 Å². The van der Waals surface area contributed by atoms with Gasteiger partial charge in [0.1, 0.15) is 6.10 Å². The molecule has 1 aliphatic rings. The first kappa shape index (κ1) is 16.5. The van der Waals surface area contributed by atoms with Crippen molar-refractivity contribution in [3.05, 3.63) is 82.7 Å². The molecule has 0 saturated carbocycles. The SMILES string of the molecule is Cc1ccc(CNC(=O)c2nnn3c2CO[C@H](c2ccccc2)C3)cc1. The molecule has 1 aromatic heterocycles. The van der Waals surface area contributed by atoms with E-state index in [1.54, 1.807) is 4.68 Å². The smallest absolute Gasteiger partial charge is 0.274 e. The molecule has 1 atom stereocenters. The second-order valence-corrected chi connectivity index (χ2v) is 6.45. The van der Waals surface area contributed by atoms with Gasteiger partial charge in [-0.05, 0) is 18.1 Å². The van der Waals surface area contributed by atoms with E-state index in [0.717, 1.165) is 16.8 Å². The van der Waals surface area contributed by atoms with Crippen LogP contribution in [0.2, 0.25) is 0 Å². The van der Waals surface area contributed by atoms with E-state index >= 15 is 0 Å². The van der Waals surface area contributed by atoms with E-state index in [9.17, 15) is 4.79 Å². The van der Waals surface area contributed by atoms with Crippen molar-refractivity contribution in [3.8, 4) is 0 Å². The summed E-state index contributed by atoms with van der Waals surface area (Å²) in [6, 6.07) is 18.1. The van der Waals surface area contributed by atoms with Crippen molar-refractivity contribution in [3.63, 3.8) is 0 Å². The predicted molar refractivity (Wildman–Crippen MR) is 96.3 cm³/mol. The summed E-state index contributed by atoms with van der Waals surface area (Å²) in [5.74, 6) is -0.228. The van der Waals surface area contributed by atoms with Crippen LogP contribution in [0.1, 0.15) is 39.0 Å². The van der Waals surface area contributed by atoms with Gasteiger partial charge in [0.15, 0.2) is 5.69 Å². The van der Waals surface area contributed by atoms with Crippen LogP contribution in [0.25, 0.3) is 0 Å². The minimum atomic E-state index is -0.228. The summed E-state index contributed by atoms with van der Waals surface area (Å²) in [4.78, 5) is 12.5. The van der Waals surface area contributed by atoms with E-state index in [2.05, 4.69) is 15.6 Å². The summed E-state index contributed by atoms with van der Waals surface area (Å²) in [5, 5.41) is 11.1. The number of nitrogens with one attached hydrogen (secondary N) is 1. The number of amides is 1. The number of rotatable bonds is 4. The van der Waals surface area contributed by atoms with Gasteiger partial charge < -0.3 is 10.1 Å². The maximum absolute atomic E-state index is 12.5. The van der Waals surface area contributed by atoms with Crippen molar-refractivity contribution in [2.24, 2.45) is 0 Å². The van der Waals surface area contributed by atoms with E-state index < -0.39 is 0 Å². The topological polar surface area (TPSA) is 69.0 Å². The van der Waals surface area contributed by atoms with Crippen LogP contribution >= 0.6 is 0 Å². The van der Waals surface area contributed by atoms with E-state index in [4.69, 9.17) is 4.74 Å². The molecule has 132 valence electrons. The second-order valence-electron chi connectivity index (χ2n) is 6.45. The third-order valence-corrected chi connectivity index (χ3v) is 4.56. The van der Waals surface area contributed by atoms with Crippen molar-refractivity contribution in [2.45, 2.75) is 32.7 Å². The zero-order chi connectivity index (χ0) is 17.9. The van der Waals surface area contributed by atoms with E-state index in [1.807, 2.05) is 61.5 Å². The van der Waals surface area contributed by atoms with Crippen molar-refractivity contribution in [1.29, 1.82) is 0 Å². The predicted octanol–water partition coefficient (Wildman–Crippen LogP) is 2.79. The molecule has 2 heterocycles. The number of hydrogen-bond donors (Lipinski definition) is 1. The molecule has 0 radical (unpaired) electrons. The summed E-state index contributed by atoms with van der Waals surface area (Å²) >= 11 is 0. The highest BCUT2D eigenvalue weighted by molar-refractivity contribution is 5.93. The first-order valence-corrected chi connectivity index (χ1v) is 8.63. The van der Waals surface area contributed by atoms with Crippen LogP contribution in [0.4, 0.5) is 0 Å². The van der Waals surface area contributed by atoms with Crippen LogP contribution < -0.4 is 5.32 Å². The van der Waals surface area contributed by atoms with Gasteiger partial charge in [-0.3, -0.25) is 4.79 Å². The molecule has 0 unspecified atom stereocenters. The molecule has 0 spiro atoms. The van der Waals surface area contributed by atoms with Crippen LogP contribution in [-0.2, 0) is 24.4 Å². The molecule has 6 nitrogen and oxygen atoms in total. The summed E-state index contributed by atoms with van der Waals surface area (Å²) in [6.45, 7) is 3.37. The molecule has 2 aromatic carbocycles. The van der Waals surface area contributed by atoms with Gasteiger partial charge >= 0.3 is 0 Å². The molecule has 26 heavy (non-hydrogen) atoms. The first-order chi connectivity index (χ1) is 12.7. The van der Waals surface area contributed by atoms with Crippen molar-refractivity contribution < 1.29 is 9.53 Å². The lowest BCUT2D eigenvalue weighted by Gasteiger charge is -2.24. The Labute approximate surface area is 151 Å². The molecule has 0 saturated heterocycles. The summed E-state index contributed by atoms with van der Waals surface area (Å²) < 4.78 is 7.70. The molecule has 1 amide bonds. The van der Waals surface area contributed by atoms with E-state index in [-0.39, 0.29) is 12.0 Å². The largest absolute Gasteiger partial charge is 0.365 e. The van der Waals surface area contributed by atoms with Crippen LogP contribution in [0.3, 0.4) is 0 Å². The van der Waals surface area contributed by atoms with Crippen molar-refractivity contribution >= 4 is 5.91 Å². The molecule has 0 aliphatic carbocycles. The zero-order valence-corrected chi connectivity index (χ0v) is 14.6. The van der Waals surface area contributed by atoms with E-state index in [1.165, 1.54) is 5.56 Å². The lowest BCUT2D eigenvalue weighted by atomic mass is 10.1. The Morgan fingerprint density at radius 2 is 1.96 bits per heavy atom. The Kier molecular flexibility index (Phi) is 4.50. The zero-order valence-electron chi connectivity index (χ0n) is 14.6. The average molecular weight is 348 g/mol. The van der Waals surface area contributed by atoms with Gasteiger partial charge in [0.2, 0.25) is 0 Å². The standard InChI is InChI=1S/C20H20N4O2/c1-14-7-9-15(10-8-14)11-21-20(25)19-17-13-26-18(12-24(17)23-22-19)16-5-3-2-4-6-16/h2-10,18H,11-13H2,1H3,(H,21,25)/t18-/m0/s1. The molecule has 0 fully saturated rings. The Morgan fingerprint density at radius 3 is 2.73 bits per heavy atom. The third kappa shape index (κ3) is 3.36. The molecule has 1 aliphatic heterocycles. The highest BCUT2D eigenvalue weighted by Crippen LogP contribution is 2.26. The summed E-state index contributed by atoms with van der Waals surface area (Å²) in [6.07, 6.45) is -0.0751. The van der Waals surface area contributed by atoms with Gasteiger partial charge in [0.05, 0.1) is 18.8 Å². The fraction of sp³-hybridized carbons (Fsp3) is 0.250. The molecular weight excluding hydrogens is 328 g/mol. The minimum Gasteiger partial charge on any atom is -0.365 e. The van der Waals surface area contributed by atoms with Crippen LogP contribution in [0.15, 0.2) is 54.6 Å². The number of nitrogens with zero attached hydrogens (tertiary/aromatic N) is 3. The highest BCUT2D eigenvalue weighted by atomic mass is 16.5. The number of aromatic nitrogens is 3. The second kappa shape index (κ2) is 7.09. The van der Waals surface area contributed by atoms with Gasteiger partial charge in [-0.25, -0.2) is 4.68 Å². The molecule has 4 rings (SSSR count). The maximum atomic E-state index is 12.5. The quantitative estimate of drug-likeness (QED) is 0.787. The van der Waals surface area contributed by atoms with Crippen LogP contribution in [0.5, 0.6) is 0 Å². The molecule has 0 bridgehead atoms. The third-order valence-electron chi connectivity index (χ3n) is 4.56. The molecule has 3 aromatic rings. The number of aryl methyl sites for hydroxylation is 1. The number of carbonyl (C=O) groups is 1. The normalized spacial score (nSPS) is 16.1. The lowest BCUT2D eigenvalue weighted by Crippen LogP contribution is -2.27. The van der Waals surface area contributed by atoms with Crippen molar-refractivity contribution in [2.75, 3.05) is 0 Å². The Bertz CT molecular complexity index is 903. The Hall–Kier alpha value is -2.99. The monoisotopic (exact) mass is 348 g/mol. The fourth-order valence-electron chi connectivity index (χ4n) is 3.03. The number of hydrogen-bond acceptors (Lipinski definition) is 4. The first-order valence-electron chi connectivity index (χ1n) is 8.63. The van der Waals surface area contributed by atoms with Gasteiger partial charge in [-0.2, -0.15) is 0 Å². The van der Waals surface area contributed by atoms with Crippen LogP contribution in [-0.4, -0.2) is 20.9 Å². The van der Waals surface area contributed by atoms with Gasteiger partial charge in [-0.15, -0.1) is 5.10 Å². The number of carbonyl (C=O) groups excluding carboxylic acids is 1. The lowest BCUT2D eigenvalue weighted by molar-refractivity contribution is -0.00177. The summed E-state index contributed by atoms with van der Waals surface area (Å²) in [7, 11) is 0. The maximum Gasteiger partial charge on any atom is 0.274 e. The highest BCUT2D eigenvalue weighted by Gasteiger charge is 2.27.